The average Bonchev–Trinajstić information content (AvgIpc) is 2.60. The highest BCUT2D eigenvalue weighted by atomic mass is 16.5. The summed E-state index contributed by atoms with van der Waals surface area (Å²) in [5.41, 5.74) is 9.19. The largest absolute Gasteiger partial charge is 0.476 e. The number of anilines is 1. The van der Waals surface area contributed by atoms with E-state index in [1.807, 2.05) is 38.4 Å². The van der Waals surface area contributed by atoms with Crippen molar-refractivity contribution in [2.24, 2.45) is 10.7 Å². The highest BCUT2D eigenvalue weighted by molar-refractivity contribution is 5.92. The van der Waals surface area contributed by atoms with Gasteiger partial charge in [0.1, 0.15) is 6.61 Å². The molecule has 0 radical (unpaired) electrons. The molecule has 0 atom stereocenters. The van der Waals surface area contributed by atoms with Crippen LogP contribution in [0, 0.1) is 0 Å². The van der Waals surface area contributed by atoms with Crippen molar-refractivity contribution >= 4 is 11.6 Å². The van der Waals surface area contributed by atoms with Crippen LogP contribution in [0.15, 0.2) is 47.6 Å². The molecule has 0 unspecified atom stereocenters. The number of aliphatic imine (C=N–C) groups is 1. The minimum absolute atomic E-state index is 0.389. The number of benzene rings is 1. The van der Waals surface area contributed by atoms with E-state index in [1.54, 1.807) is 6.20 Å². The fraction of sp³-hybridized carbons (Fsp3) is 0.368. The van der Waals surface area contributed by atoms with Gasteiger partial charge in [-0.25, -0.2) is 9.98 Å². The third kappa shape index (κ3) is 6.81. The molecule has 6 heteroatoms. The van der Waals surface area contributed by atoms with Crippen LogP contribution in [-0.2, 0) is 13.0 Å². The summed E-state index contributed by atoms with van der Waals surface area (Å²) in [5, 5.41) is 3.12. The normalized spacial score (nSPS) is 11.6. The van der Waals surface area contributed by atoms with E-state index in [9.17, 15) is 0 Å². The number of guanidine groups is 1. The van der Waals surface area contributed by atoms with Crippen LogP contribution >= 0.6 is 0 Å². The molecule has 2 rings (SSSR count). The average molecular weight is 341 g/mol. The summed E-state index contributed by atoms with van der Waals surface area (Å²) >= 11 is 0. The lowest BCUT2D eigenvalue weighted by Crippen LogP contribution is -2.22. The topological polar surface area (TPSA) is 75.8 Å². The third-order valence-corrected chi connectivity index (χ3v) is 3.63. The second-order valence-corrected chi connectivity index (χ2v) is 6.03. The van der Waals surface area contributed by atoms with Gasteiger partial charge in [-0.15, -0.1) is 0 Å². The highest BCUT2D eigenvalue weighted by Crippen LogP contribution is 2.12. The Balaban J connectivity index is 1.91. The van der Waals surface area contributed by atoms with Gasteiger partial charge in [0.25, 0.3) is 0 Å². The molecule has 6 nitrogen and oxygen atoms in total. The van der Waals surface area contributed by atoms with Crippen molar-refractivity contribution in [3.8, 4) is 5.88 Å². The first kappa shape index (κ1) is 18.7. The van der Waals surface area contributed by atoms with Crippen LogP contribution in [-0.4, -0.2) is 43.1 Å². The summed E-state index contributed by atoms with van der Waals surface area (Å²) in [7, 11) is 4.02. The number of nitrogens with two attached hydrogens (primary N) is 1. The van der Waals surface area contributed by atoms with Gasteiger partial charge in [-0.2, -0.15) is 0 Å². The minimum atomic E-state index is 0.389. The molecule has 1 heterocycles. The molecule has 1 aromatic carbocycles. The summed E-state index contributed by atoms with van der Waals surface area (Å²) in [6.07, 6.45) is 2.71. The maximum absolute atomic E-state index is 5.98. The first-order chi connectivity index (χ1) is 12.1. The van der Waals surface area contributed by atoms with Gasteiger partial charge in [-0.05, 0) is 49.8 Å². The van der Waals surface area contributed by atoms with E-state index in [1.165, 1.54) is 5.56 Å². The third-order valence-electron chi connectivity index (χ3n) is 3.63. The second-order valence-electron chi connectivity index (χ2n) is 6.03. The van der Waals surface area contributed by atoms with Crippen LogP contribution in [0.1, 0.15) is 18.1 Å². The van der Waals surface area contributed by atoms with Gasteiger partial charge < -0.3 is 20.7 Å². The minimum Gasteiger partial charge on any atom is -0.476 e. The quantitative estimate of drug-likeness (QED) is 0.570. The molecule has 0 saturated carbocycles. The van der Waals surface area contributed by atoms with Gasteiger partial charge in [0.15, 0.2) is 5.96 Å². The maximum Gasteiger partial charge on any atom is 0.213 e. The van der Waals surface area contributed by atoms with E-state index in [0.29, 0.717) is 25.0 Å². The van der Waals surface area contributed by atoms with Crippen LogP contribution in [0.25, 0.3) is 0 Å². The number of nitrogens with one attached hydrogen (secondary N) is 1. The molecule has 0 bridgehead atoms. The number of aromatic nitrogens is 1. The molecule has 0 amide bonds. The molecule has 2 aromatic rings. The van der Waals surface area contributed by atoms with E-state index in [-0.39, 0.29) is 0 Å². The van der Waals surface area contributed by atoms with E-state index in [4.69, 9.17) is 10.5 Å². The van der Waals surface area contributed by atoms with Crippen LogP contribution in [0.4, 0.5) is 5.69 Å². The molecule has 134 valence electrons. The predicted molar refractivity (Wildman–Crippen MR) is 103 cm³/mol. The summed E-state index contributed by atoms with van der Waals surface area (Å²) in [6.45, 7) is 4.04. The number of hydrogen-bond donors (Lipinski definition) is 2. The van der Waals surface area contributed by atoms with Crippen molar-refractivity contribution in [3.63, 3.8) is 0 Å². The fourth-order valence-corrected chi connectivity index (χ4v) is 2.19. The SMILES string of the molecule is CCc1cccc(NC(N)=NCc2ccnc(OCCN(C)C)c2)c1. The zero-order valence-corrected chi connectivity index (χ0v) is 15.2. The molecular formula is C19H27N5O. The second kappa shape index (κ2) is 9.64. The Hall–Kier alpha value is -2.60. The Kier molecular flexibility index (Phi) is 7.22. The van der Waals surface area contributed by atoms with Crippen LogP contribution < -0.4 is 15.8 Å². The number of pyridine rings is 1. The highest BCUT2D eigenvalue weighted by Gasteiger charge is 2.01. The molecule has 1 aromatic heterocycles. The lowest BCUT2D eigenvalue weighted by Gasteiger charge is -2.10. The Labute approximate surface area is 149 Å². The van der Waals surface area contributed by atoms with Crippen molar-refractivity contribution in [1.82, 2.24) is 9.88 Å². The van der Waals surface area contributed by atoms with E-state index < -0.39 is 0 Å². The Morgan fingerprint density at radius 2 is 2.08 bits per heavy atom. The summed E-state index contributed by atoms with van der Waals surface area (Å²) in [6, 6.07) is 12.0. The Bertz CT molecular complexity index is 700. The van der Waals surface area contributed by atoms with Crippen LogP contribution in [0.3, 0.4) is 0 Å². The van der Waals surface area contributed by atoms with E-state index >= 15 is 0 Å². The molecule has 0 spiro atoms. The predicted octanol–water partition coefficient (Wildman–Crippen LogP) is 2.51. The number of aryl methyl sites for hydroxylation is 1. The van der Waals surface area contributed by atoms with Crippen LogP contribution in [0.5, 0.6) is 5.88 Å². The molecular weight excluding hydrogens is 314 g/mol. The van der Waals surface area contributed by atoms with E-state index in [2.05, 4.69) is 39.2 Å². The molecule has 3 N–H and O–H groups in total. The van der Waals surface area contributed by atoms with Gasteiger partial charge >= 0.3 is 0 Å². The maximum atomic E-state index is 5.98. The number of rotatable bonds is 8. The molecule has 25 heavy (non-hydrogen) atoms. The lowest BCUT2D eigenvalue weighted by molar-refractivity contribution is 0.253. The van der Waals surface area contributed by atoms with Crippen molar-refractivity contribution in [1.29, 1.82) is 0 Å². The zero-order chi connectivity index (χ0) is 18.1. The molecule has 0 aliphatic rings. The van der Waals surface area contributed by atoms with Gasteiger partial charge in [0, 0.05) is 24.5 Å². The van der Waals surface area contributed by atoms with Gasteiger partial charge in [-0.1, -0.05) is 19.1 Å². The Morgan fingerprint density at radius 3 is 2.84 bits per heavy atom. The van der Waals surface area contributed by atoms with Gasteiger partial charge in [0.2, 0.25) is 5.88 Å². The number of nitrogens with zero attached hydrogens (tertiary/aromatic N) is 3. The van der Waals surface area contributed by atoms with Crippen molar-refractivity contribution in [3.05, 3.63) is 53.7 Å². The fourth-order valence-electron chi connectivity index (χ4n) is 2.19. The van der Waals surface area contributed by atoms with Crippen molar-refractivity contribution < 1.29 is 4.74 Å². The monoisotopic (exact) mass is 341 g/mol. The summed E-state index contributed by atoms with van der Waals surface area (Å²) in [4.78, 5) is 10.7. The number of hydrogen-bond acceptors (Lipinski definition) is 4. The first-order valence-corrected chi connectivity index (χ1v) is 8.45. The van der Waals surface area contributed by atoms with E-state index in [0.717, 1.165) is 24.2 Å². The van der Waals surface area contributed by atoms with Gasteiger partial charge in [-0.3, -0.25) is 0 Å². The standard InChI is InChI=1S/C19H27N5O/c1-4-15-6-5-7-17(12-15)23-19(20)22-14-16-8-9-21-18(13-16)25-11-10-24(2)3/h5-9,12-13H,4,10-11,14H2,1-3H3,(H3,20,22,23). The van der Waals surface area contributed by atoms with Gasteiger partial charge in [0.05, 0.1) is 6.54 Å². The number of likely N-dealkylation sites (N-methyl/N-ethyl adjacent to an activating group) is 1. The number of ether oxygens (including phenoxy) is 1. The molecule has 0 aliphatic heterocycles. The molecule has 0 saturated heterocycles. The first-order valence-electron chi connectivity index (χ1n) is 8.45. The summed E-state index contributed by atoms with van der Waals surface area (Å²) in [5.74, 6) is 0.997. The zero-order valence-electron chi connectivity index (χ0n) is 15.2. The molecule has 0 aliphatic carbocycles. The molecule has 0 fully saturated rings. The smallest absolute Gasteiger partial charge is 0.213 e. The van der Waals surface area contributed by atoms with Crippen LogP contribution in [0.2, 0.25) is 0 Å². The summed E-state index contributed by atoms with van der Waals surface area (Å²) < 4.78 is 5.64. The van der Waals surface area contributed by atoms with Crippen molar-refractivity contribution in [2.75, 3.05) is 32.6 Å². The van der Waals surface area contributed by atoms with Crippen molar-refractivity contribution in [2.45, 2.75) is 19.9 Å². The lowest BCUT2D eigenvalue weighted by atomic mass is 10.1. The Morgan fingerprint density at radius 1 is 1.24 bits per heavy atom.